The standard InChI is InChI=1S/C9H16.C2H6/c1-7(2)9-6-4-5-8(9)3;1-2/h8H,4-6H2,1-3H3;1-2H3. The van der Waals surface area contributed by atoms with Crippen LogP contribution in [0.2, 0.25) is 0 Å². The molecule has 1 aliphatic rings. The van der Waals surface area contributed by atoms with E-state index in [9.17, 15) is 0 Å². The second-order valence-electron chi connectivity index (χ2n) is 3.32. The summed E-state index contributed by atoms with van der Waals surface area (Å²) in [6.45, 7) is 10.8. The van der Waals surface area contributed by atoms with Crippen molar-refractivity contribution in [2.75, 3.05) is 0 Å². The molecule has 0 bridgehead atoms. The van der Waals surface area contributed by atoms with Crippen LogP contribution in [0.1, 0.15) is 53.9 Å². The number of hydrogen-bond donors (Lipinski definition) is 0. The molecule has 0 spiro atoms. The van der Waals surface area contributed by atoms with Gasteiger partial charge in [0.15, 0.2) is 0 Å². The van der Waals surface area contributed by atoms with Crippen molar-refractivity contribution in [3.63, 3.8) is 0 Å². The minimum atomic E-state index is 0.884. The number of allylic oxidation sites excluding steroid dienone is 2. The Morgan fingerprint density at radius 3 is 2.00 bits per heavy atom. The van der Waals surface area contributed by atoms with Crippen LogP contribution in [0.4, 0.5) is 0 Å². The zero-order chi connectivity index (χ0) is 8.85. The van der Waals surface area contributed by atoms with Crippen molar-refractivity contribution in [1.29, 1.82) is 0 Å². The van der Waals surface area contributed by atoms with Gasteiger partial charge in [-0.1, -0.05) is 31.9 Å². The number of rotatable bonds is 0. The molecule has 1 saturated carbocycles. The van der Waals surface area contributed by atoms with Gasteiger partial charge in [-0.15, -0.1) is 0 Å². The second-order valence-corrected chi connectivity index (χ2v) is 3.32. The van der Waals surface area contributed by atoms with Gasteiger partial charge in [-0.3, -0.25) is 0 Å². The Kier molecular flexibility index (Phi) is 5.27. The van der Waals surface area contributed by atoms with Crippen LogP contribution in [-0.2, 0) is 0 Å². The Balaban J connectivity index is 0.000000461. The lowest BCUT2D eigenvalue weighted by Gasteiger charge is -2.05. The second kappa shape index (κ2) is 5.40. The van der Waals surface area contributed by atoms with Gasteiger partial charge in [-0.05, 0) is 39.0 Å². The summed E-state index contributed by atoms with van der Waals surface area (Å²) in [5.74, 6) is 0.884. The van der Waals surface area contributed by atoms with Crippen molar-refractivity contribution in [2.24, 2.45) is 5.92 Å². The molecule has 0 aromatic heterocycles. The molecule has 0 N–H and O–H groups in total. The van der Waals surface area contributed by atoms with Gasteiger partial charge in [0, 0.05) is 0 Å². The lowest BCUT2D eigenvalue weighted by atomic mass is 10.0. The van der Waals surface area contributed by atoms with Crippen molar-refractivity contribution >= 4 is 0 Å². The predicted octanol–water partition coefficient (Wildman–Crippen LogP) is 4.17. The van der Waals surface area contributed by atoms with E-state index in [2.05, 4.69) is 20.8 Å². The molecule has 1 rings (SSSR count). The first-order chi connectivity index (χ1) is 5.22. The fourth-order valence-corrected chi connectivity index (χ4v) is 1.76. The number of hydrogen-bond acceptors (Lipinski definition) is 0. The fourth-order valence-electron chi connectivity index (χ4n) is 1.76. The highest BCUT2D eigenvalue weighted by Crippen LogP contribution is 2.32. The van der Waals surface area contributed by atoms with Gasteiger partial charge in [0.2, 0.25) is 0 Å². The molecule has 0 saturated heterocycles. The monoisotopic (exact) mass is 154 g/mol. The molecule has 1 unspecified atom stereocenters. The summed E-state index contributed by atoms with van der Waals surface area (Å²) in [4.78, 5) is 0. The van der Waals surface area contributed by atoms with E-state index in [1.807, 2.05) is 13.8 Å². The Morgan fingerprint density at radius 2 is 1.82 bits per heavy atom. The molecule has 0 amide bonds. The third-order valence-electron chi connectivity index (χ3n) is 2.32. The zero-order valence-corrected chi connectivity index (χ0v) is 8.70. The quantitative estimate of drug-likeness (QED) is 0.459. The summed E-state index contributed by atoms with van der Waals surface area (Å²) in [7, 11) is 0. The van der Waals surface area contributed by atoms with E-state index in [-0.39, 0.29) is 0 Å². The average molecular weight is 154 g/mol. The van der Waals surface area contributed by atoms with Crippen LogP contribution in [0.3, 0.4) is 0 Å². The Labute approximate surface area is 71.7 Å². The van der Waals surface area contributed by atoms with Crippen molar-refractivity contribution in [3.05, 3.63) is 11.1 Å². The summed E-state index contributed by atoms with van der Waals surface area (Å²) in [6.07, 6.45) is 4.20. The van der Waals surface area contributed by atoms with Crippen molar-refractivity contribution in [2.45, 2.75) is 53.9 Å². The highest BCUT2D eigenvalue weighted by Gasteiger charge is 2.16. The maximum atomic E-state index is 2.34. The summed E-state index contributed by atoms with van der Waals surface area (Å²) in [5, 5.41) is 0. The van der Waals surface area contributed by atoms with Crippen LogP contribution in [0.25, 0.3) is 0 Å². The predicted molar refractivity (Wildman–Crippen MR) is 52.7 cm³/mol. The van der Waals surface area contributed by atoms with Gasteiger partial charge in [-0.25, -0.2) is 0 Å². The SMILES string of the molecule is CC.CC(C)=C1CCCC1C. The van der Waals surface area contributed by atoms with Crippen LogP contribution < -0.4 is 0 Å². The van der Waals surface area contributed by atoms with E-state index in [0.29, 0.717) is 0 Å². The van der Waals surface area contributed by atoms with Crippen molar-refractivity contribution in [1.82, 2.24) is 0 Å². The van der Waals surface area contributed by atoms with Gasteiger partial charge in [0.05, 0.1) is 0 Å². The van der Waals surface area contributed by atoms with E-state index < -0.39 is 0 Å². The van der Waals surface area contributed by atoms with Gasteiger partial charge < -0.3 is 0 Å². The summed E-state index contributed by atoms with van der Waals surface area (Å²) >= 11 is 0. The van der Waals surface area contributed by atoms with Gasteiger partial charge in [0.25, 0.3) is 0 Å². The molecule has 66 valence electrons. The van der Waals surface area contributed by atoms with Crippen LogP contribution in [0, 0.1) is 5.92 Å². The first-order valence-corrected chi connectivity index (χ1v) is 4.88. The van der Waals surface area contributed by atoms with Crippen molar-refractivity contribution in [3.8, 4) is 0 Å². The molecule has 0 heterocycles. The molecular weight excluding hydrogens is 132 g/mol. The largest absolute Gasteiger partial charge is 0.0770 e. The molecule has 1 aliphatic carbocycles. The lowest BCUT2D eigenvalue weighted by molar-refractivity contribution is 0.691. The molecule has 0 nitrogen and oxygen atoms in total. The first-order valence-electron chi connectivity index (χ1n) is 4.88. The Morgan fingerprint density at radius 1 is 1.27 bits per heavy atom. The molecule has 1 fully saturated rings. The lowest BCUT2D eigenvalue weighted by Crippen LogP contribution is -1.90. The van der Waals surface area contributed by atoms with Crippen molar-refractivity contribution < 1.29 is 0 Å². The smallest absolute Gasteiger partial charge is 0.0229 e. The van der Waals surface area contributed by atoms with Gasteiger partial charge >= 0.3 is 0 Å². The van der Waals surface area contributed by atoms with E-state index in [1.165, 1.54) is 19.3 Å². The Bertz CT molecular complexity index is 127. The summed E-state index contributed by atoms with van der Waals surface area (Å²) < 4.78 is 0. The maximum absolute atomic E-state index is 2.34. The molecule has 0 aromatic rings. The molecule has 11 heavy (non-hydrogen) atoms. The third kappa shape index (κ3) is 3.09. The van der Waals surface area contributed by atoms with Crippen LogP contribution in [0.15, 0.2) is 11.1 Å². The third-order valence-corrected chi connectivity index (χ3v) is 2.32. The minimum absolute atomic E-state index is 0.884. The van der Waals surface area contributed by atoms with Crippen LogP contribution in [-0.4, -0.2) is 0 Å². The summed E-state index contributed by atoms with van der Waals surface area (Å²) in [6, 6.07) is 0. The highest BCUT2D eigenvalue weighted by molar-refractivity contribution is 5.15. The van der Waals surface area contributed by atoms with E-state index in [1.54, 1.807) is 11.1 Å². The molecule has 0 aliphatic heterocycles. The molecule has 0 heteroatoms. The average Bonchev–Trinajstić information content (AvgIpc) is 2.39. The fraction of sp³-hybridized carbons (Fsp3) is 0.818. The molecule has 1 atom stereocenters. The normalized spacial score (nSPS) is 22.6. The zero-order valence-electron chi connectivity index (χ0n) is 8.70. The van der Waals surface area contributed by atoms with E-state index in [0.717, 1.165) is 5.92 Å². The van der Waals surface area contributed by atoms with Gasteiger partial charge in [-0.2, -0.15) is 0 Å². The molecular formula is C11H22. The first kappa shape index (κ1) is 10.7. The molecule has 0 aromatic carbocycles. The maximum Gasteiger partial charge on any atom is -0.0229 e. The van der Waals surface area contributed by atoms with E-state index in [4.69, 9.17) is 0 Å². The van der Waals surface area contributed by atoms with E-state index >= 15 is 0 Å². The minimum Gasteiger partial charge on any atom is -0.0770 e. The molecule has 0 radical (unpaired) electrons. The van der Waals surface area contributed by atoms with Gasteiger partial charge in [0.1, 0.15) is 0 Å². The summed E-state index contributed by atoms with van der Waals surface area (Å²) in [5.41, 5.74) is 3.27. The highest BCUT2D eigenvalue weighted by atomic mass is 14.2. The Hall–Kier alpha value is -0.260. The van der Waals surface area contributed by atoms with Crippen LogP contribution in [0.5, 0.6) is 0 Å². The topological polar surface area (TPSA) is 0 Å². The van der Waals surface area contributed by atoms with Crippen LogP contribution >= 0.6 is 0 Å².